The molecule has 0 radical (unpaired) electrons. The summed E-state index contributed by atoms with van der Waals surface area (Å²) in [6, 6.07) is 0.669. The summed E-state index contributed by atoms with van der Waals surface area (Å²) in [5, 5.41) is 3.33. The van der Waals surface area contributed by atoms with E-state index in [1.807, 2.05) is 0 Å². The first-order valence-corrected chi connectivity index (χ1v) is 7.14. The fourth-order valence-electron chi connectivity index (χ4n) is 3.40. The van der Waals surface area contributed by atoms with Gasteiger partial charge in [0.2, 0.25) is 0 Å². The Morgan fingerprint density at radius 3 is 2.31 bits per heavy atom. The Kier molecular flexibility index (Phi) is 4.26. The van der Waals surface area contributed by atoms with E-state index in [9.17, 15) is 0 Å². The number of hydrogen-bond donors (Lipinski definition) is 1. The van der Waals surface area contributed by atoms with E-state index in [0.29, 0.717) is 6.04 Å². The summed E-state index contributed by atoms with van der Waals surface area (Å²) < 4.78 is 0. The van der Waals surface area contributed by atoms with E-state index >= 15 is 0 Å². The normalized spacial score (nSPS) is 27.4. The van der Waals surface area contributed by atoms with Crippen molar-refractivity contribution in [2.45, 2.75) is 57.9 Å². The quantitative estimate of drug-likeness (QED) is 0.790. The van der Waals surface area contributed by atoms with Crippen LogP contribution in [0.1, 0.15) is 51.9 Å². The summed E-state index contributed by atoms with van der Waals surface area (Å²) in [4.78, 5) is 2.68. The Bertz CT molecular complexity index is 199. The highest BCUT2D eigenvalue weighted by Gasteiger charge is 2.36. The molecule has 2 rings (SSSR count). The second-order valence-corrected chi connectivity index (χ2v) is 6.03. The molecule has 1 heterocycles. The van der Waals surface area contributed by atoms with E-state index in [1.54, 1.807) is 0 Å². The predicted octanol–water partition coefficient (Wildman–Crippen LogP) is 2.64. The average molecular weight is 224 g/mol. The Morgan fingerprint density at radius 2 is 1.75 bits per heavy atom. The molecule has 94 valence electrons. The highest BCUT2D eigenvalue weighted by atomic mass is 15.1. The first-order valence-electron chi connectivity index (χ1n) is 7.14. The zero-order valence-electron chi connectivity index (χ0n) is 11.1. The summed E-state index contributed by atoms with van der Waals surface area (Å²) in [5.41, 5.74) is 0.783. The Morgan fingerprint density at radius 1 is 1.12 bits per heavy atom. The zero-order chi connectivity index (χ0) is 11.4. The monoisotopic (exact) mass is 224 g/mol. The minimum absolute atomic E-state index is 0.669. The molecular formula is C14H28N2. The van der Waals surface area contributed by atoms with Crippen LogP contribution in [0.2, 0.25) is 0 Å². The smallest absolute Gasteiger partial charge is 0.00479 e. The van der Waals surface area contributed by atoms with Gasteiger partial charge >= 0.3 is 0 Å². The van der Waals surface area contributed by atoms with Crippen molar-refractivity contribution >= 4 is 0 Å². The van der Waals surface area contributed by atoms with Crippen molar-refractivity contribution in [3.05, 3.63) is 0 Å². The molecule has 1 saturated carbocycles. The van der Waals surface area contributed by atoms with Gasteiger partial charge in [-0.3, -0.25) is 0 Å². The summed E-state index contributed by atoms with van der Waals surface area (Å²) in [6.07, 6.45) is 10.3. The van der Waals surface area contributed by atoms with Gasteiger partial charge in [-0.2, -0.15) is 0 Å². The molecule has 2 nitrogen and oxygen atoms in total. The fourth-order valence-corrected chi connectivity index (χ4v) is 3.40. The standard InChI is InChI=1S/C14H28N2/c1-13(15-2)5-10-16-11-8-14(9-12-16)6-3-4-7-14/h13,15H,3-12H2,1-2H3. The highest BCUT2D eigenvalue weighted by molar-refractivity contribution is 4.89. The number of nitrogens with zero attached hydrogens (tertiary/aromatic N) is 1. The molecule has 16 heavy (non-hydrogen) atoms. The predicted molar refractivity (Wildman–Crippen MR) is 69.7 cm³/mol. The lowest BCUT2D eigenvalue weighted by molar-refractivity contribution is 0.106. The van der Waals surface area contributed by atoms with Crippen LogP contribution < -0.4 is 5.32 Å². The van der Waals surface area contributed by atoms with Crippen LogP contribution in [0, 0.1) is 5.41 Å². The van der Waals surface area contributed by atoms with Crippen molar-refractivity contribution in [2.75, 3.05) is 26.7 Å². The number of piperidine rings is 1. The molecule has 0 aromatic heterocycles. The van der Waals surface area contributed by atoms with Crippen LogP contribution in [0.4, 0.5) is 0 Å². The molecule has 2 aliphatic rings. The molecular weight excluding hydrogens is 196 g/mol. The number of rotatable bonds is 4. The number of nitrogens with one attached hydrogen (secondary N) is 1. The molecule has 1 spiro atoms. The lowest BCUT2D eigenvalue weighted by atomic mass is 9.77. The van der Waals surface area contributed by atoms with Crippen LogP contribution in [0.25, 0.3) is 0 Å². The molecule has 1 aliphatic heterocycles. The molecule has 1 saturated heterocycles. The van der Waals surface area contributed by atoms with E-state index < -0.39 is 0 Å². The molecule has 0 bridgehead atoms. The second-order valence-electron chi connectivity index (χ2n) is 6.03. The van der Waals surface area contributed by atoms with Crippen molar-refractivity contribution < 1.29 is 0 Å². The summed E-state index contributed by atoms with van der Waals surface area (Å²) in [5.74, 6) is 0. The van der Waals surface area contributed by atoms with E-state index in [1.165, 1.54) is 64.6 Å². The van der Waals surface area contributed by atoms with Crippen molar-refractivity contribution in [3.63, 3.8) is 0 Å². The van der Waals surface area contributed by atoms with Crippen LogP contribution in [0.5, 0.6) is 0 Å². The van der Waals surface area contributed by atoms with Gasteiger partial charge in [0.1, 0.15) is 0 Å². The molecule has 1 atom stereocenters. The van der Waals surface area contributed by atoms with Crippen LogP contribution in [-0.4, -0.2) is 37.6 Å². The average Bonchev–Trinajstić information content (AvgIpc) is 2.77. The van der Waals surface area contributed by atoms with Gasteiger partial charge in [0.05, 0.1) is 0 Å². The largest absolute Gasteiger partial charge is 0.317 e. The van der Waals surface area contributed by atoms with Crippen LogP contribution in [0.15, 0.2) is 0 Å². The molecule has 0 aromatic rings. The third-order valence-corrected chi connectivity index (χ3v) is 4.95. The minimum atomic E-state index is 0.669. The van der Waals surface area contributed by atoms with Gasteiger partial charge in [0, 0.05) is 6.04 Å². The first kappa shape index (κ1) is 12.4. The van der Waals surface area contributed by atoms with Gasteiger partial charge in [0.15, 0.2) is 0 Å². The van der Waals surface area contributed by atoms with Crippen LogP contribution >= 0.6 is 0 Å². The maximum absolute atomic E-state index is 3.33. The van der Waals surface area contributed by atoms with Crippen LogP contribution in [0.3, 0.4) is 0 Å². The van der Waals surface area contributed by atoms with Crippen molar-refractivity contribution in [1.82, 2.24) is 10.2 Å². The zero-order valence-corrected chi connectivity index (χ0v) is 11.1. The van der Waals surface area contributed by atoms with Crippen LogP contribution in [-0.2, 0) is 0 Å². The SMILES string of the molecule is CNC(C)CCN1CCC2(CCCC2)CC1. The maximum Gasteiger partial charge on any atom is 0.00479 e. The van der Waals surface area contributed by atoms with Crippen molar-refractivity contribution in [2.24, 2.45) is 5.41 Å². The molecule has 1 unspecified atom stereocenters. The summed E-state index contributed by atoms with van der Waals surface area (Å²) in [7, 11) is 2.06. The second kappa shape index (κ2) is 5.50. The third-order valence-electron chi connectivity index (χ3n) is 4.95. The van der Waals surface area contributed by atoms with E-state index in [0.717, 1.165) is 5.41 Å². The molecule has 0 aromatic carbocycles. The topological polar surface area (TPSA) is 15.3 Å². The fraction of sp³-hybridized carbons (Fsp3) is 1.00. The van der Waals surface area contributed by atoms with Crippen molar-refractivity contribution in [1.29, 1.82) is 0 Å². The Labute approximate surface area is 101 Å². The van der Waals surface area contributed by atoms with E-state index in [4.69, 9.17) is 0 Å². The van der Waals surface area contributed by atoms with Gasteiger partial charge in [-0.15, -0.1) is 0 Å². The third kappa shape index (κ3) is 2.98. The lowest BCUT2D eigenvalue weighted by Crippen LogP contribution is -2.40. The van der Waals surface area contributed by atoms with Gasteiger partial charge in [-0.25, -0.2) is 0 Å². The summed E-state index contributed by atoms with van der Waals surface area (Å²) in [6.45, 7) is 6.29. The Hall–Kier alpha value is -0.0800. The maximum atomic E-state index is 3.33. The molecule has 2 heteroatoms. The molecule has 0 amide bonds. The van der Waals surface area contributed by atoms with Gasteiger partial charge in [-0.1, -0.05) is 12.8 Å². The van der Waals surface area contributed by atoms with E-state index in [-0.39, 0.29) is 0 Å². The highest BCUT2D eigenvalue weighted by Crippen LogP contribution is 2.45. The summed E-state index contributed by atoms with van der Waals surface area (Å²) >= 11 is 0. The molecule has 1 aliphatic carbocycles. The van der Waals surface area contributed by atoms with Gasteiger partial charge in [-0.05, 0) is 71.1 Å². The number of likely N-dealkylation sites (tertiary alicyclic amines) is 1. The van der Waals surface area contributed by atoms with Gasteiger partial charge in [0.25, 0.3) is 0 Å². The van der Waals surface area contributed by atoms with Gasteiger partial charge < -0.3 is 10.2 Å². The Balaban J connectivity index is 1.69. The first-order chi connectivity index (χ1) is 7.74. The van der Waals surface area contributed by atoms with E-state index in [2.05, 4.69) is 24.2 Å². The van der Waals surface area contributed by atoms with Crippen molar-refractivity contribution in [3.8, 4) is 0 Å². The minimum Gasteiger partial charge on any atom is -0.317 e. The molecule has 2 fully saturated rings. The lowest BCUT2D eigenvalue weighted by Gasteiger charge is -2.39. The number of hydrogen-bond acceptors (Lipinski definition) is 2. The molecule has 1 N–H and O–H groups in total.